The largest absolute Gasteiger partial charge is 0.343 e. The summed E-state index contributed by atoms with van der Waals surface area (Å²) in [5, 5.41) is 5.72. The van der Waals surface area contributed by atoms with Crippen molar-refractivity contribution in [3.05, 3.63) is 81.6 Å². The van der Waals surface area contributed by atoms with E-state index in [2.05, 4.69) is 15.6 Å². The van der Waals surface area contributed by atoms with E-state index in [1.165, 1.54) is 17.4 Å². The second-order valence-electron chi connectivity index (χ2n) is 6.34. The summed E-state index contributed by atoms with van der Waals surface area (Å²) in [4.78, 5) is 29.5. The zero-order valence-corrected chi connectivity index (χ0v) is 16.4. The van der Waals surface area contributed by atoms with Gasteiger partial charge in [-0.2, -0.15) is 0 Å². The molecular weight excluding hydrogens is 377 g/mol. The summed E-state index contributed by atoms with van der Waals surface area (Å²) in [7, 11) is 0. The molecule has 2 aromatic carbocycles. The second kappa shape index (κ2) is 8.75. The predicted octanol–water partition coefficient (Wildman–Crippen LogP) is 3.86. The van der Waals surface area contributed by atoms with Gasteiger partial charge in [-0.25, -0.2) is 9.37 Å². The fourth-order valence-electron chi connectivity index (χ4n) is 2.71. The molecule has 3 rings (SSSR count). The van der Waals surface area contributed by atoms with E-state index in [0.29, 0.717) is 22.7 Å². The zero-order chi connectivity index (χ0) is 20.1. The van der Waals surface area contributed by atoms with E-state index in [-0.39, 0.29) is 24.2 Å². The van der Waals surface area contributed by atoms with E-state index in [4.69, 9.17) is 0 Å². The molecule has 0 radical (unpaired) electrons. The van der Waals surface area contributed by atoms with Gasteiger partial charge in [0.05, 0.1) is 12.2 Å². The van der Waals surface area contributed by atoms with Crippen LogP contribution in [-0.2, 0) is 11.2 Å². The first-order valence-electron chi connectivity index (χ1n) is 8.77. The number of nitrogens with one attached hydrogen (secondary N) is 2. The van der Waals surface area contributed by atoms with Crippen LogP contribution in [0.3, 0.4) is 0 Å². The number of aryl methyl sites for hydroxylation is 2. The number of anilines is 1. The number of nitrogens with zero attached hydrogens (tertiary/aromatic N) is 1. The number of aromatic nitrogens is 1. The molecule has 0 spiro atoms. The lowest BCUT2D eigenvalue weighted by molar-refractivity contribution is -0.115. The van der Waals surface area contributed by atoms with Crippen LogP contribution < -0.4 is 10.6 Å². The molecule has 0 atom stereocenters. The Morgan fingerprint density at radius 3 is 2.54 bits per heavy atom. The molecule has 5 nitrogen and oxygen atoms in total. The number of benzene rings is 2. The molecule has 144 valence electrons. The van der Waals surface area contributed by atoms with Gasteiger partial charge in [0.1, 0.15) is 5.82 Å². The Balaban J connectivity index is 1.58. The molecular formula is C21H20FN3O2S. The Bertz CT molecular complexity index is 1020. The summed E-state index contributed by atoms with van der Waals surface area (Å²) < 4.78 is 13.8. The van der Waals surface area contributed by atoms with Gasteiger partial charge in [-0.15, -0.1) is 11.3 Å². The highest BCUT2D eigenvalue weighted by Gasteiger charge is 2.14. The van der Waals surface area contributed by atoms with E-state index in [9.17, 15) is 14.0 Å². The van der Waals surface area contributed by atoms with Crippen LogP contribution in [0.5, 0.6) is 0 Å². The minimum atomic E-state index is -0.367. The third-order valence-electron chi connectivity index (χ3n) is 4.25. The highest BCUT2D eigenvalue weighted by molar-refractivity contribution is 7.15. The Labute approximate surface area is 166 Å². The first-order chi connectivity index (χ1) is 13.4. The number of hydrogen-bond donors (Lipinski definition) is 2. The van der Waals surface area contributed by atoms with E-state index in [1.54, 1.807) is 30.3 Å². The van der Waals surface area contributed by atoms with Crippen LogP contribution in [0.2, 0.25) is 0 Å². The standard InChI is InChI=1S/C21H20FN3O2S/c1-13-7-3-5-9-16(13)20(27)23-12-19(26)25-21-24-14(2)18(28-21)11-15-8-4-6-10-17(15)22/h3-10H,11-12H2,1-2H3,(H,23,27)(H,24,25,26). The fourth-order valence-corrected chi connectivity index (χ4v) is 3.71. The van der Waals surface area contributed by atoms with Gasteiger partial charge in [0, 0.05) is 16.9 Å². The molecule has 0 fully saturated rings. The van der Waals surface area contributed by atoms with Gasteiger partial charge in [0.25, 0.3) is 5.91 Å². The third kappa shape index (κ3) is 4.80. The van der Waals surface area contributed by atoms with E-state index < -0.39 is 0 Å². The molecule has 0 saturated heterocycles. The van der Waals surface area contributed by atoms with E-state index in [0.717, 1.165) is 16.1 Å². The molecule has 28 heavy (non-hydrogen) atoms. The molecule has 0 bridgehead atoms. The van der Waals surface area contributed by atoms with E-state index >= 15 is 0 Å². The molecule has 3 aromatic rings. The molecule has 0 saturated carbocycles. The molecule has 2 N–H and O–H groups in total. The van der Waals surface area contributed by atoms with Gasteiger partial charge in [-0.1, -0.05) is 36.4 Å². The van der Waals surface area contributed by atoms with Crippen LogP contribution in [0, 0.1) is 19.7 Å². The van der Waals surface area contributed by atoms with Crippen molar-refractivity contribution in [2.45, 2.75) is 20.3 Å². The summed E-state index contributed by atoms with van der Waals surface area (Å²) in [5.74, 6) is -0.934. The zero-order valence-electron chi connectivity index (χ0n) is 15.6. The molecule has 0 aliphatic carbocycles. The van der Waals surface area contributed by atoms with Crippen molar-refractivity contribution in [1.82, 2.24) is 10.3 Å². The van der Waals surface area contributed by atoms with Crippen LogP contribution in [0.15, 0.2) is 48.5 Å². The average Bonchev–Trinajstić information content (AvgIpc) is 3.01. The molecule has 0 unspecified atom stereocenters. The minimum absolute atomic E-state index is 0.158. The lowest BCUT2D eigenvalue weighted by Gasteiger charge is -2.07. The monoisotopic (exact) mass is 397 g/mol. The summed E-state index contributed by atoms with van der Waals surface area (Å²) in [6, 6.07) is 13.8. The highest BCUT2D eigenvalue weighted by atomic mass is 32.1. The minimum Gasteiger partial charge on any atom is -0.343 e. The predicted molar refractivity (Wildman–Crippen MR) is 108 cm³/mol. The van der Waals surface area contributed by atoms with Crippen LogP contribution in [0.1, 0.15) is 32.1 Å². The fraction of sp³-hybridized carbons (Fsp3) is 0.190. The summed E-state index contributed by atoms with van der Waals surface area (Å²) >= 11 is 1.30. The number of hydrogen-bond acceptors (Lipinski definition) is 4. The maximum atomic E-state index is 13.8. The van der Waals surface area contributed by atoms with Crippen molar-refractivity contribution in [2.24, 2.45) is 0 Å². The van der Waals surface area contributed by atoms with Crippen molar-refractivity contribution in [1.29, 1.82) is 0 Å². The number of thiazole rings is 1. The third-order valence-corrected chi connectivity index (χ3v) is 5.32. The molecule has 0 aliphatic heterocycles. The topological polar surface area (TPSA) is 71.1 Å². The van der Waals surface area contributed by atoms with Crippen LogP contribution in [0.4, 0.5) is 9.52 Å². The normalized spacial score (nSPS) is 10.5. The SMILES string of the molecule is Cc1ccccc1C(=O)NCC(=O)Nc1nc(C)c(Cc2ccccc2F)s1. The highest BCUT2D eigenvalue weighted by Crippen LogP contribution is 2.26. The van der Waals surface area contributed by atoms with Crippen molar-refractivity contribution in [3.8, 4) is 0 Å². The Morgan fingerprint density at radius 1 is 1.07 bits per heavy atom. The lowest BCUT2D eigenvalue weighted by Crippen LogP contribution is -2.33. The Kier molecular flexibility index (Phi) is 6.16. The van der Waals surface area contributed by atoms with Gasteiger partial charge >= 0.3 is 0 Å². The van der Waals surface area contributed by atoms with Crippen molar-refractivity contribution >= 4 is 28.3 Å². The Morgan fingerprint density at radius 2 is 1.79 bits per heavy atom. The van der Waals surface area contributed by atoms with Crippen molar-refractivity contribution in [3.63, 3.8) is 0 Å². The van der Waals surface area contributed by atoms with Gasteiger partial charge in [-0.3, -0.25) is 9.59 Å². The van der Waals surface area contributed by atoms with Crippen LogP contribution >= 0.6 is 11.3 Å². The van der Waals surface area contributed by atoms with Crippen molar-refractivity contribution < 1.29 is 14.0 Å². The van der Waals surface area contributed by atoms with Gasteiger partial charge < -0.3 is 10.6 Å². The Hall–Kier alpha value is -3.06. The first-order valence-corrected chi connectivity index (χ1v) is 9.59. The summed E-state index contributed by atoms with van der Waals surface area (Å²) in [6.45, 7) is 3.50. The maximum absolute atomic E-state index is 13.8. The summed E-state index contributed by atoms with van der Waals surface area (Å²) in [6.07, 6.45) is 0.413. The second-order valence-corrected chi connectivity index (χ2v) is 7.43. The molecule has 1 aromatic heterocycles. The van der Waals surface area contributed by atoms with Crippen molar-refractivity contribution in [2.75, 3.05) is 11.9 Å². The summed E-state index contributed by atoms with van der Waals surface area (Å²) in [5.41, 5.74) is 2.70. The van der Waals surface area contributed by atoms with Crippen LogP contribution in [-0.4, -0.2) is 23.3 Å². The van der Waals surface area contributed by atoms with Gasteiger partial charge in [0.15, 0.2) is 5.13 Å². The van der Waals surface area contributed by atoms with Gasteiger partial charge in [0.2, 0.25) is 5.91 Å². The molecule has 7 heteroatoms. The number of amides is 2. The van der Waals surface area contributed by atoms with Crippen LogP contribution in [0.25, 0.3) is 0 Å². The molecule has 1 heterocycles. The van der Waals surface area contributed by atoms with Gasteiger partial charge in [-0.05, 0) is 37.1 Å². The van der Waals surface area contributed by atoms with E-state index in [1.807, 2.05) is 26.0 Å². The lowest BCUT2D eigenvalue weighted by atomic mass is 10.1. The average molecular weight is 397 g/mol. The number of rotatable bonds is 6. The number of carbonyl (C=O) groups is 2. The molecule has 2 amide bonds. The number of carbonyl (C=O) groups excluding carboxylic acids is 2. The molecule has 0 aliphatic rings. The first kappa shape index (κ1) is 19.7. The smallest absolute Gasteiger partial charge is 0.251 e. The number of halogens is 1. The maximum Gasteiger partial charge on any atom is 0.251 e. The quantitative estimate of drug-likeness (QED) is 0.664.